The largest absolute Gasteiger partial charge is 0.493 e. The summed E-state index contributed by atoms with van der Waals surface area (Å²) in [7, 11) is 4.92. The third-order valence-electron chi connectivity index (χ3n) is 5.17. The Morgan fingerprint density at radius 3 is 2.43 bits per heavy atom. The Balaban J connectivity index is 1.87. The lowest BCUT2D eigenvalue weighted by atomic mass is 10.0. The molecule has 0 bridgehead atoms. The summed E-state index contributed by atoms with van der Waals surface area (Å²) < 4.78 is 10.8. The van der Waals surface area contributed by atoms with E-state index in [9.17, 15) is 9.59 Å². The number of amides is 2. The van der Waals surface area contributed by atoms with Crippen LogP contribution in [0, 0.1) is 0 Å². The van der Waals surface area contributed by atoms with E-state index in [0.717, 1.165) is 25.8 Å². The third kappa shape index (κ3) is 5.04. The summed E-state index contributed by atoms with van der Waals surface area (Å²) in [5, 5.41) is 6.31. The molecule has 0 aromatic heterocycles. The molecule has 1 atom stereocenters. The van der Waals surface area contributed by atoms with Crippen molar-refractivity contribution in [1.29, 1.82) is 0 Å². The molecule has 7 nitrogen and oxygen atoms in total. The number of likely N-dealkylation sites (N-methyl/N-ethyl adjacent to an activating group) is 1. The zero-order valence-corrected chi connectivity index (χ0v) is 18.1. The first kappa shape index (κ1) is 21.9. The van der Waals surface area contributed by atoms with E-state index >= 15 is 0 Å². The maximum atomic E-state index is 12.9. The zero-order valence-electron chi connectivity index (χ0n) is 17.3. The van der Waals surface area contributed by atoms with Gasteiger partial charge in [0.1, 0.15) is 0 Å². The van der Waals surface area contributed by atoms with Gasteiger partial charge in [0.05, 0.1) is 25.9 Å². The van der Waals surface area contributed by atoms with Gasteiger partial charge in [0, 0.05) is 16.3 Å². The number of ether oxygens (including phenoxy) is 2. The van der Waals surface area contributed by atoms with E-state index in [1.807, 2.05) is 11.9 Å². The van der Waals surface area contributed by atoms with Gasteiger partial charge in [0.25, 0.3) is 5.91 Å². The molecule has 0 radical (unpaired) electrons. The molecule has 2 N–H and O–H groups in total. The Morgan fingerprint density at radius 1 is 1.07 bits per heavy atom. The fraction of sp³-hybridized carbons (Fsp3) is 0.364. The first-order chi connectivity index (χ1) is 14.4. The van der Waals surface area contributed by atoms with E-state index in [1.54, 1.807) is 36.4 Å². The number of nitrogens with zero attached hydrogens (tertiary/aromatic N) is 1. The number of halogens is 1. The first-order valence-corrected chi connectivity index (χ1v) is 10.1. The summed E-state index contributed by atoms with van der Waals surface area (Å²) in [6, 6.07) is 9.75. The molecule has 0 aliphatic carbocycles. The number of anilines is 2. The third-order valence-corrected chi connectivity index (χ3v) is 5.43. The topological polar surface area (TPSA) is 79.9 Å². The first-order valence-electron chi connectivity index (χ1n) is 9.77. The maximum Gasteiger partial charge on any atom is 0.255 e. The van der Waals surface area contributed by atoms with Gasteiger partial charge in [-0.25, -0.2) is 0 Å². The highest BCUT2D eigenvalue weighted by atomic mass is 35.5. The van der Waals surface area contributed by atoms with Crippen LogP contribution >= 0.6 is 11.6 Å². The van der Waals surface area contributed by atoms with Crippen molar-refractivity contribution in [2.24, 2.45) is 0 Å². The van der Waals surface area contributed by atoms with E-state index in [-0.39, 0.29) is 17.9 Å². The average molecular weight is 432 g/mol. The number of benzene rings is 2. The molecule has 30 heavy (non-hydrogen) atoms. The van der Waals surface area contributed by atoms with E-state index < -0.39 is 0 Å². The lowest BCUT2D eigenvalue weighted by Crippen LogP contribution is -2.44. The van der Waals surface area contributed by atoms with Crippen LogP contribution in [0.1, 0.15) is 29.6 Å². The molecule has 2 aromatic carbocycles. The quantitative estimate of drug-likeness (QED) is 0.721. The number of carbonyl (C=O) groups is 2. The number of piperidine rings is 1. The minimum absolute atomic E-state index is 0.132. The van der Waals surface area contributed by atoms with Crippen LogP contribution in [0.2, 0.25) is 5.02 Å². The molecule has 1 heterocycles. The standard InChI is InChI=1S/C22H26ClN3O4/c1-26-11-5-4-6-18(26)22(28)25-17-12-14(13-19(29-2)20(17)30-3)21(27)24-16-9-7-15(23)8-10-16/h7-10,12-13,18H,4-6,11H2,1-3H3,(H,24,27)(H,25,28). The van der Waals surface area contributed by atoms with Gasteiger partial charge in [-0.3, -0.25) is 14.5 Å². The number of carbonyl (C=O) groups excluding carboxylic acids is 2. The Morgan fingerprint density at radius 2 is 1.80 bits per heavy atom. The summed E-state index contributed by atoms with van der Waals surface area (Å²) in [6.45, 7) is 0.877. The Bertz CT molecular complexity index is 917. The van der Waals surface area contributed by atoms with Gasteiger partial charge in [-0.15, -0.1) is 0 Å². The number of rotatable bonds is 6. The number of hydrogen-bond donors (Lipinski definition) is 2. The van der Waals surface area contributed by atoms with Gasteiger partial charge in [0.2, 0.25) is 5.91 Å². The lowest BCUT2D eigenvalue weighted by molar-refractivity contribution is -0.121. The van der Waals surface area contributed by atoms with Crippen molar-refractivity contribution in [3.05, 3.63) is 47.0 Å². The SMILES string of the molecule is COc1cc(C(=O)Nc2ccc(Cl)cc2)cc(NC(=O)C2CCCCN2C)c1OC. The molecule has 2 aromatic rings. The molecule has 160 valence electrons. The Kier molecular flexibility index (Phi) is 7.18. The number of methoxy groups -OCH3 is 2. The molecule has 8 heteroatoms. The van der Waals surface area contributed by atoms with Crippen molar-refractivity contribution < 1.29 is 19.1 Å². The van der Waals surface area contributed by atoms with Crippen molar-refractivity contribution in [2.45, 2.75) is 25.3 Å². The van der Waals surface area contributed by atoms with Crippen molar-refractivity contribution in [1.82, 2.24) is 4.90 Å². The van der Waals surface area contributed by atoms with Crippen molar-refractivity contribution >= 4 is 34.8 Å². The van der Waals surface area contributed by atoms with Crippen molar-refractivity contribution in [3.63, 3.8) is 0 Å². The monoisotopic (exact) mass is 431 g/mol. The van der Waals surface area contributed by atoms with Crippen LogP contribution in [0.5, 0.6) is 11.5 Å². The molecule has 3 rings (SSSR count). The predicted octanol–water partition coefficient (Wildman–Crippen LogP) is 4.03. The molecule has 1 aliphatic rings. The molecule has 1 fully saturated rings. The summed E-state index contributed by atoms with van der Waals surface area (Å²) >= 11 is 5.89. The van der Waals surface area contributed by atoms with Crippen LogP contribution in [0.25, 0.3) is 0 Å². The molecule has 2 amide bonds. The minimum Gasteiger partial charge on any atom is -0.493 e. The van der Waals surface area contributed by atoms with Crippen LogP contribution in [0.15, 0.2) is 36.4 Å². The summed E-state index contributed by atoms with van der Waals surface area (Å²) in [5.41, 5.74) is 1.32. The van der Waals surface area contributed by atoms with Crippen LogP contribution in [-0.4, -0.2) is 50.6 Å². The van der Waals surface area contributed by atoms with Crippen LogP contribution in [-0.2, 0) is 4.79 Å². The van der Waals surface area contributed by atoms with Gasteiger partial charge in [-0.2, -0.15) is 0 Å². The second-order valence-electron chi connectivity index (χ2n) is 7.20. The fourth-order valence-corrected chi connectivity index (χ4v) is 3.67. The molecule has 0 saturated carbocycles. The maximum absolute atomic E-state index is 12.9. The average Bonchev–Trinajstić information content (AvgIpc) is 2.74. The van der Waals surface area contributed by atoms with Gasteiger partial charge >= 0.3 is 0 Å². The lowest BCUT2D eigenvalue weighted by Gasteiger charge is -2.31. The van der Waals surface area contributed by atoms with Crippen molar-refractivity contribution in [3.8, 4) is 11.5 Å². The summed E-state index contributed by atoms with van der Waals surface area (Å²) in [5.74, 6) is 0.247. The van der Waals surface area contributed by atoms with E-state index in [0.29, 0.717) is 33.5 Å². The van der Waals surface area contributed by atoms with Crippen LogP contribution in [0.3, 0.4) is 0 Å². The molecule has 1 unspecified atom stereocenters. The summed E-state index contributed by atoms with van der Waals surface area (Å²) in [4.78, 5) is 27.7. The molecule has 1 aliphatic heterocycles. The normalized spacial score (nSPS) is 16.6. The Labute approximate surface area is 181 Å². The highest BCUT2D eigenvalue weighted by Crippen LogP contribution is 2.37. The number of nitrogens with one attached hydrogen (secondary N) is 2. The second-order valence-corrected chi connectivity index (χ2v) is 7.64. The van der Waals surface area contributed by atoms with E-state index in [4.69, 9.17) is 21.1 Å². The fourth-order valence-electron chi connectivity index (χ4n) is 3.55. The van der Waals surface area contributed by atoms with Crippen LogP contribution < -0.4 is 20.1 Å². The van der Waals surface area contributed by atoms with Gasteiger partial charge in [-0.1, -0.05) is 18.0 Å². The molecular weight excluding hydrogens is 406 g/mol. The Hall–Kier alpha value is -2.77. The predicted molar refractivity (Wildman–Crippen MR) is 118 cm³/mol. The van der Waals surface area contributed by atoms with E-state index in [1.165, 1.54) is 14.2 Å². The van der Waals surface area contributed by atoms with Crippen LogP contribution in [0.4, 0.5) is 11.4 Å². The van der Waals surface area contributed by atoms with Gasteiger partial charge in [0.15, 0.2) is 11.5 Å². The molecule has 1 saturated heterocycles. The van der Waals surface area contributed by atoms with Gasteiger partial charge in [-0.05, 0) is 62.8 Å². The molecular formula is C22H26ClN3O4. The number of likely N-dealkylation sites (tertiary alicyclic amines) is 1. The minimum atomic E-state index is -0.344. The highest BCUT2D eigenvalue weighted by Gasteiger charge is 2.27. The smallest absolute Gasteiger partial charge is 0.255 e. The zero-order chi connectivity index (χ0) is 21.7. The highest BCUT2D eigenvalue weighted by molar-refractivity contribution is 6.30. The molecule has 0 spiro atoms. The van der Waals surface area contributed by atoms with E-state index in [2.05, 4.69) is 10.6 Å². The second kappa shape index (κ2) is 9.82. The summed E-state index contributed by atoms with van der Waals surface area (Å²) in [6.07, 6.45) is 2.88. The van der Waals surface area contributed by atoms with Crippen molar-refractivity contribution in [2.75, 3.05) is 38.4 Å². The van der Waals surface area contributed by atoms with Gasteiger partial charge < -0.3 is 20.1 Å². The number of hydrogen-bond acceptors (Lipinski definition) is 5.